The Hall–Kier alpha value is -5.85. The highest BCUT2D eigenvalue weighted by Gasteiger charge is 2.24. The predicted octanol–water partition coefficient (Wildman–Crippen LogP) is 6.89. The molecule has 2 unspecified atom stereocenters. The van der Waals surface area contributed by atoms with E-state index in [1.165, 1.54) is 24.3 Å². The molecular formula is C40H33ClF2N4O5. The van der Waals surface area contributed by atoms with Crippen molar-refractivity contribution < 1.29 is 32.8 Å². The van der Waals surface area contributed by atoms with Gasteiger partial charge in [-0.25, -0.2) is 8.78 Å². The summed E-state index contributed by atoms with van der Waals surface area (Å²) in [6.45, 7) is 2.57. The van der Waals surface area contributed by atoms with Crippen LogP contribution in [0.5, 0.6) is 0 Å². The number of carbonyl (C=O) groups is 1. The van der Waals surface area contributed by atoms with Gasteiger partial charge in [-0.1, -0.05) is 46.1 Å². The third kappa shape index (κ3) is 11.3. The van der Waals surface area contributed by atoms with Crippen molar-refractivity contribution in [2.24, 2.45) is 16.8 Å². The standard InChI is InChI=1S/C20H15FN2O2.C15H11FN2O.C5H7ClO2/c21-18-3-1-2-15(12-18)5-4-14-6-8-16(9-7-14)19-22-20(25-23-19)17-10-11-24-13-17;16-14-3-1-2-12(10-14)5-4-11-6-8-13(9-7-11)15(17)18-19;6-5(7)4-1-2-8-3-4/h1-3,6-9,12,17H,10-11,13H2;1-3,6-10,19H,(H2,17,18);4H,1-3H2. The van der Waals surface area contributed by atoms with Gasteiger partial charge in [-0.2, -0.15) is 4.98 Å². The largest absolute Gasteiger partial charge is 0.409 e. The Kier molecular flexibility index (Phi) is 13.6. The quantitative estimate of drug-likeness (QED) is 0.0512. The fraction of sp³-hybridized carbons (Fsp3) is 0.200. The molecule has 12 heteroatoms. The van der Waals surface area contributed by atoms with Gasteiger partial charge in [0.2, 0.25) is 17.0 Å². The molecule has 2 aliphatic rings. The lowest BCUT2D eigenvalue weighted by molar-refractivity contribution is -0.115. The van der Waals surface area contributed by atoms with Gasteiger partial charge >= 0.3 is 0 Å². The Morgan fingerprint density at radius 2 is 1.35 bits per heavy atom. The van der Waals surface area contributed by atoms with E-state index in [9.17, 15) is 13.6 Å². The number of hydrogen-bond donors (Lipinski definition) is 2. The maximum Gasteiger partial charge on any atom is 0.232 e. The number of nitrogens with zero attached hydrogens (tertiary/aromatic N) is 3. The van der Waals surface area contributed by atoms with E-state index in [-0.39, 0.29) is 34.5 Å². The molecule has 2 fully saturated rings. The maximum absolute atomic E-state index is 13.1. The van der Waals surface area contributed by atoms with Gasteiger partial charge in [-0.15, -0.1) is 0 Å². The molecule has 0 bridgehead atoms. The van der Waals surface area contributed by atoms with Crippen LogP contribution in [0.15, 0.2) is 107 Å². The van der Waals surface area contributed by atoms with Crippen molar-refractivity contribution in [3.8, 4) is 35.1 Å². The van der Waals surface area contributed by atoms with Gasteiger partial charge in [0, 0.05) is 46.6 Å². The monoisotopic (exact) mass is 722 g/mol. The van der Waals surface area contributed by atoms with Crippen molar-refractivity contribution in [3.63, 3.8) is 0 Å². The van der Waals surface area contributed by atoms with Crippen LogP contribution in [0.3, 0.4) is 0 Å². The van der Waals surface area contributed by atoms with Crippen molar-refractivity contribution in [2.45, 2.75) is 18.8 Å². The smallest absolute Gasteiger partial charge is 0.232 e. The molecule has 5 aromatic rings. The third-order valence-electron chi connectivity index (χ3n) is 7.75. The van der Waals surface area contributed by atoms with E-state index in [0.717, 1.165) is 36.1 Å². The Bertz CT molecular complexity index is 2100. The SMILES string of the molecule is Fc1cccc(C#Cc2ccc(-c3noc(C4CCOC4)n3)cc2)c1.N/C(=N\O)c1ccc(C#Cc2cccc(F)c2)cc1.O=C(Cl)C1CCOC1. The lowest BCUT2D eigenvalue weighted by Gasteiger charge is -1.98. The molecule has 4 aromatic carbocycles. The number of amidine groups is 1. The van der Waals surface area contributed by atoms with Gasteiger partial charge in [0.25, 0.3) is 0 Å². The number of aromatic nitrogens is 2. The van der Waals surface area contributed by atoms with Crippen LogP contribution in [0.2, 0.25) is 0 Å². The minimum absolute atomic E-state index is 0.0309. The molecule has 264 valence electrons. The zero-order valence-electron chi connectivity index (χ0n) is 27.8. The zero-order valence-corrected chi connectivity index (χ0v) is 28.5. The van der Waals surface area contributed by atoms with Crippen molar-refractivity contribution in [1.82, 2.24) is 10.1 Å². The zero-order chi connectivity index (χ0) is 36.7. The van der Waals surface area contributed by atoms with Crippen LogP contribution in [0.25, 0.3) is 11.4 Å². The molecule has 52 heavy (non-hydrogen) atoms. The Morgan fingerprint density at radius 3 is 1.83 bits per heavy atom. The molecule has 0 saturated carbocycles. The van der Waals surface area contributed by atoms with Crippen LogP contribution in [0, 0.1) is 41.2 Å². The normalized spacial score (nSPS) is 16.2. The van der Waals surface area contributed by atoms with Crippen LogP contribution in [0.1, 0.15) is 52.5 Å². The average Bonchev–Trinajstić information content (AvgIpc) is 3.98. The molecule has 3 heterocycles. The van der Waals surface area contributed by atoms with E-state index in [0.29, 0.717) is 48.2 Å². The highest BCUT2D eigenvalue weighted by molar-refractivity contribution is 6.64. The summed E-state index contributed by atoms with van der Waals surface area (Å²) < 4.78 is 41.7. The minimum Gasteiger partial charge on any atom is -0.409 e. The molecule has 7 rings (SSSR count). The van der Waals surface area contributed by atoms with E-state index < -0.39 is 0 Å². The molecule has 0 aliphatic carbocycles. The first-order chi connectivity index (χ1) is 25.3. The van der Waals surface area contributed by atoms with Crippen LogP contribution in [0.4, 0.5) is 8.78 Å². The van der Waals surface area contributed by atoms with Crippen molar-refractivity contribution in [1.29, 1.82) is 0 Å². The first-order valence-corrected chi connectivity index (χ1v) is 16.6. The highest BCUT2D eigenvalue weighted by Crippen LogP contribution is 2.26. The number of carbonyl (C=O) groups excluding carboxylic acids is 1. The molecule has 2 atom stereocenters. The van der Waals surface area contributed by atoms with Crippen LogP contribution in [-0.2, 0) is 14.3 Å². The van der Waals surface area contributed by atoms with Crippen LogP contribution in [-0.4, -0.2) is 52.9 Å². The van der Waals surface area contributed by atoms with Gasteiger partial charge < -0.3 is 24.9 Å². The summed E-state index contributed by atoms with van der Waals surface area (Å²) in [4.78, 5) is 14.8. The van der Waals surface area contributed by atoms with Gasteiger partial charge in [-0.05, 0) is 109 Å². The molecule has 2 saturated heterocycles. The van der Waals surface area contributed by atoms with Crippen LogP contribution >= 0.6 is 11.6 Å². The second-order valence-corrected chi connectivity index (χ2v) is 11.9. The maximum atomic E-state index is 13.1. The van der Waals surface area contributed by atoms with Gasteiger partial charge in [-0.3, -0.25) is 4.79 Å². The molecular weight excluding hydrogens is 690 g/mol. The Balaban J connectivity index is 0.000000170. The summed E-state index contributed by atoms with van der Waals surface area (Å²) in [6, 6.07) is 26.8. The molecule has 2 aliphatic heterocycles. The van der Waals surface area contributed by atoms with E-state index in [1.807, 2.05) is 24.3 Å². The van der Waals surface area contributed by atoms with Crippen molar-refractivity contribution >= 4 is 22.7 Å². The summed E-state index contributed by atoms with van der Waals surface area (Å²) >= 11 is 5.17. The molecule has 9 nitrogen and oxygen atoms in total. The summed E-state index contributed by atoms with van der Waals surface area (Å²) in [6.07, 6.45) is 1.71. The Labute approximate surface area is 304 Å². The minimum atomic E-state index is -0.311. The number of benzene rings is 4. The number of nitrogens with two attached hydrogens (primary N) is 1. The molecule has 0 amide bonds. The van der Waals surface area contributed by atoms with Gasteiger partial charge in [0.1, 0.15) is 11.6 Å². The van der Waals surface area contributed by atoms with E-state index >= 15 is 0 Å². The summed E-state index contributed by atoms with van der Waals surface area (Å²) in [7, 11) is 0. The van der Waals surface area contributed by atoms with Crippen molar-refractivity contribution in [2.75, 3.05) is 26.4 Å². The summed E-state index contributed by atoms with van der Waals surface area (Å²) in [5, 5.41) is 15.2. The van der Waals surface area contributed by atoms with E-state index in [1.54, 1.807) is 48.5 Å². The topological polar surface area (TPSA) is 133 Å². The Morgan fingerprint density at radius 1 is 0.788 bits per heavy atom. The van der Waals surface area contributed by atoms with Gasteiger partial charge in [0.05, 0.1) is 25.0 Å². The first kappa shape index (κ1) is 37.4. The fourth-order valence-electron chi connectivity index (χ4n) is 4.87. The van der Waals surface area contributed by atoms with E-state index in [4.69, 9.17) is 36.5 Å². The van der Waals surface area contributed by atoms with Crippen molar-refractivity contribution in [3.05, 3.63) is 142 Å². The highest BCUT2D eigenvalue weighted by atomic mass is 35.5. The third-order valence-corrected chi connectivity index (χ3v) is 8.06. The molecule has 3 N–H and O–H groups in total. The van der Waals surface area contributed by atoms with E-state index in [2.05, 4.69) is 39.0 Å². The molecule has 0 spiro atoms. The second-order valence-electron chi connectivity index (χ2n) is 11.5. The first-order valence-electron chi connectivity index (χ1n) is 16.2. The number of rotatable bonds is 4. The average molecular weight is 723 g/mol. The number of oxime groups is 1. The summed E-state index contributed by atoms with van der Waals surface area (Å²) in [5.74, 6) is 12.5. The van der Waals surface area contributed by atoms with Crippen LogP contribution < -0.4 is 5.73 Å². The second kappa shape index (κ2) is 18.9. The molecule has 0 radical (unpaired) electrons. The number of halogens is 3. The van der Waals surface area contributed by atoms with Gasteiger partial charge in [0.15, 0.2) is 5.84 Å². The lowest BCUT2D eigenvalue weighted by atomic mass is 10.1. The molecule has 1 aromatic heterocycles. The fourth-order valence-corrected chi connectivity index (χ4v) is 5.04. The number of hydrogen-bond acceptors (Lipinski definition) is 8. The lowest BCUT2D eigenvalue weighted by Crippen LogP contribution is -2.12. The predicted molar refractivity (Wildman–Crippen MR) is 191 cm³/mol. The number of ether oxygens (including phenoxy) is 2. The summed E-state index contributed by atoms with van der Waals surface area (Å²) in [5.41, 5.74) is 9.78.